The highest BCUT2D eigenvalue weighted by Gasteiger charge is 2.29. The van der Waals surface area contributed by atoms with Crippen LogP contribution in [0.25, 0.3) is 10.2 Å². The van der Waals surface area contributed by atoms with Crippen molar-refractivity contribution in [2.75, 3.05) is 43.4 Å². The number of hydrogen-bond acceptors (Lipinski definition) is 9. The summed E-state index contributed by atoms with van der Waals surface area (Å²) in [5.41, 5.74) is 2.12. The molecule has 176 valence electrons. The molecule has 1 amide bonds. The number of nitrogens with zero attached hydrogens (tertiary/aromatic N) is 5. The average molecular weight is 490 g/mol. The number of amides is 1. The van der Waals surface area contributed by atoms with Crippen LogP contribution in [0.1, 0.15) is 19.4 Å². The van der Waals surface area contributed by atoms with Crippen LogP contribution in [-0.4, -0.2) is 77.2 Å². The third-order valence-electron chi connectivity index (χ3n) is 5.46. The van der Waals surface area contributed by atoms with Crippen LogP contribution in [0.4, 0.5) is 11.6 Å². The molecule has 1 saturated heterocycles. The smallest absolute Gasteiger partial charge is 0.244 e. The van der Waals surface area contributed by atoms with Crippen LogP contribution < -0.4 is 10.6 Å². The number of anilines is 2. The molecule has 4 heterocycles. The lowest BCUT2D eigenvalue weighted by Crippen LogP contribution is -2.50. The van der Waals surface area contributed by atoms with Crippen LogP contribution in [0.15, 0.2) is 34.9 Å². The van der Waals surface area contributed by atoms with Gasteiger partial charge in [-0.15, -0.1) is 11.3 Å². The number of thiophene rings is 1. The lowest BCUT2D eigenvalue weighted by Gasteiger charge is -2.35. The van der Waals surface area contributed by atoms with Crippen molar-refractivity contribution in [3.8, 4) is 0 Å². The summed E-state index contributed by atoms with van der Waals surface area (Å²) in [6.07, 6.45) is 2.87. The quantitative estimate of drug-likeness (QED) is 0.518. The molecule has 3 aromatic heterocycles. The molecule has 33 heavy (non-hydrogen) atoms. The second kappa shape index (κ2) is 9.67. The summed E-state index contributed by atoms with van der Waals surface area (Å²) in [6, 6.07) is 3.11. The van der Waals surface area contributed by atoms with Crippen molar-refractivity contribution < 1.29 is 13.2 Å². The van der Waals surface area contributed by atoms with Gasteiger partial charge in [0, 0.05) is 51.9 Å². The van der Waals surface area contributed by atoms with Gasteiger partial charge in [-0.25, -0.2) is 23.4 Å². The van der Waals surface area contributed by atoms with Crippen LogP contribution in [0.3, 0.4) is 0 Å². The number of rotatable bonds is 7. The highest BCUT2D eigenvalue weighted by molar-refractivity contribution is 7.89. The number of hydrogen-bond donors (Lipinski definition) is 2. The van der Waals surface area contributed by atoms with E-state index in [0.717, 1.165) is 28.1 Å². The van der Waals surface area contributed by atoms with Gasteiger partial charge < -0.3 is 10.6 Å². The Morgan fingerprint density at radius 3 is 2.61 bits per heavy atom. The van der Waals surface area contributed by atoms with E-state index in [-0.39, 0.29) is 16.8 Å². The first-order chi connectivity index (χ1) is 15.7. The largest absolute Gasteiger partial charge is 0.365 e. The molecule has 4 rings (SSSR count). The maximum absolute atomic E-state index is 13.0. The monoisotopic (exact) mass is 489 g/mol. The molecule has 0 radical (unpaired) electrons. The van der Waals surface area contributed by atoms with Crippen molar-refractivity contribution in [2.45, 2.75) is 31.7 Å². The van der Waals surface area contributed by atoms with Crippen LogP contribution in [0.2, 0.25) is 0 Å². The topological polar surface area (TPSA) is 120 Å². The summed E-state index contributed by atoms with van der Waals surface area (Å²) in [6.45, 7) is 8.38. The Labute approximate surface area is 197 Å². The highest BCUT2D eigenvalue weighted by Crippen LogP contribution is 2.29. The minimum absolute atomic E-state index is 0.124. The van der Waals surface area contributed by atoms with Crippen LogP contribution in [0, 0.1) is 6.92 Å². The minimum Gasteiger partial charge on any atom is -0.365 e. The van der Waals surface area contributed by atoms with Gasteiger partial charge in [0.1, 0.15) is 22.9 Å². The number of fused-ring (bicyclic) bond motifs is 1. The summed E-state index contributed by atoms with van der Waals surface area (Å²) in [5, 5.41) is 8.10. The molecular weight excluding hydrogens is 462 g/mol. The van der Waals surface area contributed by atoms with Gasteiger partial charge in [0.15, 0.2) is 0 Å². The van der Waals surface area contributed by atoms with Crippen LogP contribution in [-0.2, 0) is 14.8 Å². The molecule has 1 fully saturated rings. The number of piperazine rings is 1. The van der Waals surface area contributed by atoms with Gasteiger partial charge >= 0.3 is 0 Å². The zero-order chi connectivity index (χ0) is 23.6. The van der Waals surface area contributed by atoms with Crippen molar-refractivity contribution in [2.24, 2.45) is 0 Å². The number of sulfonamides is 1. The summed E-state index contributed by atoms with van der Waals surface area (Å²) in [7, 11) is -3.63. The molecule has 0 saturated carbocycles. The van der Waals surface area contributed by atoms with Crippen molar-refractivity contribution in [1.29, 1.82) is 0 Å². The Hall–Kier alpha value is -2.67. The fourth-order valence-corrected chi connectivity index (χ4v) is 6.15. The fourth-order valence-electron chi connectivity index (χ4n) is 3.83. The Kier molecular flexibility index (Phi) is 6.88. The fraction of sp³-hybridized carbons (Fsp3) is 0.429. The van der Waals surface area contributed by atoms with Crippen LogP contribution >= 0.6 is 11.3 Å². The lowest BCUT2D eigenvalue weighted by molar-refractivity contribution is -0.114. The SMILES string of the molecule is CC(=O)Nc1ccc(S(=O)(=O)N2CCN(C[C@H](C)Nc3ncnc4c(C)csc34)CC2)cn1. The van der Waals surface area contributed by atoms with E-state index in [9.17, 15) is 13.2 Å². The number of pyridine rings is 1. The predicted octanol–water partition coefficient (Wildman–Crippen LogP) is 2.16. The van der Waals surface area contributed by atoms with Crippen molar-refractivity contribution >= 4 is 49.1 Å². The van der Waals surface area contributed by atoms with Crippen molar-refractivity contribution in [3.63, 3.8) is 0 Å². The first-order valence-corrected chi connectivity index (χ1v) is 13.0. The van der Waals surface area contributed by atoms with E-state index < -0.39 is 10.0 Å². The molecular formula is C21H27N7O3S2. The summed E-state index contributed by atoms with van der Waals surface area (Å²) in [5.74, 6) is 0.904. The second-order valence-electron chi connectivity index (χ2n) is 8.13. The molecule has 0 aliphatic carbocycles. The van der Waals surface area contributed by atoms with Gasteiger partial charge in [-0.05, 0) is 36.9 Å². The standard InChI is InChI=1S/C21H27N7O3S2/c1-14-12-32-20-19(14)23-13-24-21(20)25-15(2)11-27-6-8-28(9-7-27)33(30,31)17-4-5-18(22-10-17)26-16(3)29/h4-5,10,12-13,15H,6-9,11H2,1-3H3,(H,22,26,29)(H,23,24,25)/t15-/m0/s1. The Bertz CT molecular complexity index is 1240. The molecule has 0 spiro atoms. The third kappa shape index (κ3) is 5.29. The number of carbonyl (C=O) groups is 1. The molecule has 3 aromatic rings. The minimum atomic E-state index is -3.63. The molecule has 12 heteroatoms. The maximum atomic E-state index is 13.0. The molecule has 1 atom stereocenters. The first kappa shape index (κ1) is 23.5. The van der Waals surface area contributed by atoms with E-state index in [2.05, 4.69) is 42.8 Å². The predicted molar refractivity (Wildman–Crippen MR) is 129 cm³/mol. The summed E-state index contributed by atoms with van der Waals surface area (Å²) >= 11 is 1.63. The van der Waals surface area contributed by atoms with E-state index in [1.807, 2.05) is 6.92 Å². The van der Waals surface area contributed by atoms with E-state index in [0.29, 0.717) is 32.0 Å². The molecule has 2 N–H and O–H groups in total. The van der Waals surface area contributed by atoms with Gasteiger partial charge in [-0.2, -0.15) is 4.31 Å². The van der Waals surface area contributed by atoms with E-state index >= 15 is 0 Å². The van der Waals surface area contributed by atoms with Gasteiger partial charge in [-0.1, -0.05) is 0 Å². The van der Waals surface area contributed by atoms with Gasteiger partial charge in [0.05, 0.1) is 10.2 Å². The molecule has 0 unspecified atom stereocenters. The Morgan fingerprint density at radius 2 is 1.94 bits per heavy atom. The lowest BCUT2D eigenvalue weighted by atomic mass is 10.2. The molecule has 1 aliphatic heterocycles. The number of carbonyl (C=O) groups excluding carboxylic acids is 1. The maximum Gasteiger partial charge on any atom is 0.244 e. The van der Waals surface area contributed by atoms with Gasteiger partial charge in [-0.3, -0.25) is 9.69 Å². The van der Waals surface area contributed by atoms with E-state index in [1.165, 1.54) is 29.6 Å². The molecule has 0 aromatic carbocycles. The Morgan fingerprint density at radius 1 is 1.18 bits per heavy atom. The van der Waals surface area contributed by atoms with Gasteiger partial charge in [0.2, 0.25) is 15.9 Å². The van der Waals surface area contributed by atoms with Crippen molar-refractivity contribution in [3.05, 3.63) is 35.6 Å². The molecule has 1 aliphatic rings. The first-order valence-electron chi connectivity index (χ1n) is 10.7. The second-order valence-corrected chi connectivity index (χ2v) is 10.9. The van der Waals surface area contributed by atoms with E-state index in [4.69, 9.17) is 0 Å². The summed E-state index contributed by atoms with van der Waals surface area (Å²) < 4.78 is 28.5. The van der Waals surface area contributed by atoms with E-state index in [1.54, 1.807) is 17.7 Å². The highest BCUT2D eigenvalue weighted by atomic mass is 32.2. The average Bonchev–Trinajstić information content (AvgIpc) is 3.16. The van der Waals surface area contributed by atoms with Gasteiger partial charge in [0.25, 0.3) is 0 Å². The van der Waals surface area contributed by atoms with Crippen LogP contribution in [0.5, 0.6) is 0 Å². The number of aromatic nitrogens is 3. The Balaban J connectivity index is 1.33. The molecule has 0 bridgehead atoms. The number of aryl methyl sites for hydroxylation is 1. The third-order valence-corrected chi connectivity index (χ3v) is 8.43. The zero-order valence-electron chi connectivity index (χ0n) is 18.8. The van der Waals surface area contributed by atoms with Crippen molar-refractivity contribution in [1.82, 2.24) is 24.2 Å². The normalized spacial score (nSPS) is 16.6. The summed E-state index contributed by atoms with van der Waals surface area (Å²) in [4.78, 5) is 26.3. The zero-order valence-corrected chi connectivity index (χ0v) is 20.4. The molecule has 10 nitrogen and oxygen atoms in total. The number of nitrogens with one attached hydrogen (secondary N) is 2.